The zero-order chi connectivity index (χ0) is 24.2. The minimum Gasteiger partial charge on any atom is -0.494 e. The number of hydrogen-bond acceptors (Lipinski definition) is 6. The average Bonchev–Trinajstić information content (AvgIpc) is 2.88. The standard InChI is InChI=1S/C28H35N3O4/c1-3-33-23-5-6-24-20(2)16-28(32)31(25(24)18-23)13-12-30-10-8-22(9-11-30)29-19-21-4-7-26-27(17-21)35-15-14-34-26/h4-7,16-18,22,29H,3,8-15,19H2,1-2H3. The van der Waals surface area contributed by atoms with Crippen LogP contribution in [0.3, 0.4) is 0 Å². The van der Waals surface area contributed by atoms with Gasteiger partial charge in [0.2, 0.25) is 0 Å². The summed E-state index contributed by atoms with van der Waals surface area (Å²) in [6.45, 7) is 10.2. The van der Waals surface area contributed by atoms with Gasteiger partial charge in [-0.05, 0) is 75.2 Å². The molecule has 1 N–H and O–H groups in total. The van der Waals surface area contributed by atoms with E-state index in [1.807, 2.05) is 36.6 Å². The van der Waals surface area contributed by atoms with Gasteiger partial charge in [0.25, 0.3) is 5.56 Å². The number of pyridine rings is 1. The molecule has 1 fully saturated rings. The zero-order valence-electron chi connectivity index (χ0n) is 20.7. The van der Waals surface area contributed by atoms with E-state index in [9.17, 15) is 4.79 Å². The van der Waals surface area contributed by atoms with Crippen molar-refractivity contribution in [2.45, 2.75) is 45.8 Å². The van der Waals surface area contributed by atoms with Crippen LogP contribution in [0.1, 0.15) is 30.9 Å². The van der Waals surface area contributed by atoms with E-state index in [1.165, 1.54) is 5.56 Å². The van der Waals surface area contributed by atoms with Crippen LogP contribution in [0.15, 0.2) is 47.3 Å². The van der Waals surface area contributed by atoms with Crippen molar-refractivity contribution in [3.05, 3.63) is 63.9 Å². The van der Waals surface area contributed by atoms with Gasteiger partial charge in [-0.3, -0.25) is 4.79 Å². The van der Waals surface area contributed by atoms with Crippen LogP contribution in [0.5, 0.6) is 17.2 Å². The summed E-state index contributed by atoms with van der Waals surface area (Å²) in [5.74, 6) is 2.49. The molecular weight excluding hydrogens is 442 g/mol. The van der Waals surface area contributed by atoms with E-state index in [0.717, 1.165) is 72.7 Å². The number of nitrogens with zero attached hydrogens (tertiary/aromatic N) is 2. The van der Waals surface area contributed by atoms with Gasteiger partial charge in [0.05, 0.1) is 12.1 Å². The van der Waals surface area contributed by atoms with Crippen LogP contribution >= 0.6 is 0 Å². The first-order valence-electron chi connectivity index (χ1n) is 12.7. The summed E-state index contributed by atoms with van der Waals surface area (Å²) >= 11 is 0. The smallest absolute Gasteiger partial charge is 0.251 e. The fourth-order valence-electron chi connectivity index (χ4n) is 5.08. The van der Waals surface area contributed by atoms with Gasteiger partial charge in [0.1, 0.15) is 19.0 Å². The Bertz CT molecular complexity index is 1230. The molecule has 35 heavy (non-hydrogen) atoms. The van der Waals surface area contributed by atoms with Crippen LogP contribution in [-0.2, 0) is 13.1 Å². The lowest BCUT2D eigenvalue weighted by atomic mass is 10.0. The molecule has 2 aliphatic rings. The molecule has 186 valence electrons. The molecule has 7 heteroatoms. The fourth-order valence-corrected chi connectivity index (χ4v) is 5.08. The molecule has 7 nitrogen and oxygen atoms in total. The van der Waals surface area contributed by atoms with Gasteiger partial charge in [-0.25, -0.2) is 0 Å². The van der Waals surface area contributed by atoms with Crippen molar-refractivity contribution in [2.75, 3.05) is 39.5 Å². The number of hydrogen-bond donors (Lipinski definition) is 1. The number of fused-ring (bicyclic) bond motifs is 2. The highest BCUT2D eigenvalue weighted by Crippen LogP contribution is 2.30. The van der Waals surface area contributed by atoms with Crippen molar-refractivity contribution in [2.24, 2.45) is 0 Å². The summed E-state index contributed by atoms with van der Waals surface area (Å²) in [4.78, 5) is 15.3. The first kappa shape index (κ1) is 23.7. The van der Waals surface area contributed by atoms with Crippen molar-refractivity contribution in [1.29, 1.82) is 0 Å². The van der Waals surface area contributed by atoms with Crippen molar-refractivity contribution < 1.29 is 14.2 Å². The number of nitrogens with one attached hydrogen (secondary N) is 1. The Hall–Kier alpha value is -3.03. The van der Waals surface area contributed by atoms with E-state index >= 15 is 0 Å². The van der Waals surface area contributed by atoms with Gasteiger partial charge < -0.3 is 29.0 Å². The Labute approximate surface area is 206 Å². The summed E-state index contributed by atoms with van der Waals surface area (Å²) in [6, 6.07) is 14.5. The highest BCUT2D eigenvalue weighted by atomic mass is 16.6. The maximum Gasteiger partial charge on any atom is 0.251 e. The van der Waals surface area contributed by atoms with Gasteiger partial charge in [-0.2, -0.15) is 0 Å². The molecule has 0 spiro atoms. The molecular formula is C28H35N3O4. The lowest BCUT2D eigenvalue weighted by Crippen LogP contribution is -2.43. The zero-order valence-corrected chi connectivity index (χ0v) is 20.7. The van der Waals surface area contributed by atoms with Gasteiger partial charge in [-0.1, -0.05) is 6.07 Å². The molecule has 1 aromatic heterocycles. The van der Waals surface area contributed by atoms with Crippen molar-refractivity contribution in [3.8, 4) is 17.2 Å². The molecule has 2 aliphatic heterocycles. The molecule has 5 rings (SSSR count). The average molecular weight is 478 g/mol. The lowest BCUT2D eigenvalue weighted by Gasteiger charge is -2.32. The minimum absolute atomic E-state index is 0.0552. The second kappa shape index (κ2) is 10.7. The topological polar surface area (TPSA) is 65.0 Å². The number of piperidine rings is 1. The number of likely N-dealkylation sites (tertiary alicyclic amines) is 1. The first-order valence-corrected chi connectivity index (χ1v) is 12.7. The maximum absolute atomic E-state index is 12.8. The third-order valence-electron chi connectivity index (χ3n) is 7.03. The number of aromatic nitrogens is 1. The first-order chi connectivity index (χ1) is 17.1. The SMILES string of the molecule is CCOc1ccc2c(C)cc(=O)n(CCN3CCC(NCc4ccc5c(c4)OCCO5)CC3)c2c1. The van der Waals surface area contributed by atoms with Crippen LogP contribution in [-0.4, -0.2) is 55.0 Å². The summed E-state index contributed by atoms with van der Waals surface area (Å²) in [6.07, 6.45) is 2.20. The molecule has 0 bridgehead atoms. The highest BCUT2D eigenvalue weighted by Gasteiger charge is 2.20. The molecule has 2 aromatic carbocycles. The highest BCUT2D eigenvalue weighted by molar-refractivity contribution is 5.83. The van der Waals surface area contributed by atoms with Crippen LogP contribution in [0, 0.1) is 6.92 Å². The Morgan fingerprint density at radius 1 is 1.00 bits per heavy atom. The van der Waals surface area contributed by atoms with E-state index in [4.69, 9.17) is 14.2 Å². The molecule has 0 radical (unpaired) electrons. The van der Waals surface area contributed by atoms with E-state index < -0.39 is 0 Å². The molecule has 0 amide bonds. The summed E-state index contributed by atoms with van der Waals surface area (Å²) < 4.78 is 18.9. The van der Waals surface area contributed by atoms with E-state index in [0.29, 0.717) is 32.4 Å². The van der Waals surface area contributed by atoms with Crippen LogP contribution in [0.25, 0.3) is 10.9 Å². The lowest BCUT2D eigenvalue weighted by molar-refractivity contribution is 0.171. The minimum atomic E-state index is 0.0552. The third kappa shape index (κ3) is 5.46. The van der Waals surface area contributed by atoms with Crippen LogP contribution < -0.4 is 25.1 Å². The largest absolute Gasteiger partial charge is 0.494 e. The summed E-state index contributed by atoms with van der Waals surface area (Å²) in [7, 11) is 0. The second-order valence-electron chi connectivity index (χ2n) is 9.40. The predicted molar refractivity (Wildman–Crippen MR) is 138 cm³/mol. The molecule has 3 aromatic rings. The molecule has 0 unspecified atom stereocenters. The van der Waals surface area contributed by atoms with Crippen LogP contribution in [0.2, 0.25) is 0 Å². The monoisotopic (exact) mass is 477 g/mol. The Morgan fingerprint density at radius 2 is 1.80 bits per heavy atom. The second-order valence-corrected chi connectivity index (χ2v) is 9.40. The van der Waals surface area contributed by atoms with Crippen molar-refractivity contribution in [1.82, 2.24) is 14.8 Å². The van der Waals surface area contributed by atoms with Gasteiger partial charge in [0, 0.05) is 43.2 Å². The van der Waals surface area contributed by atoms with E-state index in [1.54, 1.807) is 6.07 Å². The third-order valence-corrected chi connectivity index (χ3v) is 7.03. The van der Waals surface area contributed by atoms with E-state index in [-0.39, 0.29) is 5.56 Å². The van der Waals surface area contributed by atoms with Crippen molar-refractivity contribution >= 4 is 10.9 Å². The predicted octanol–water partition coefficient (Wildman–Crippen LogP) is 3.73. The Kier molecular flexibility index (Phi) is 7.25. The number of ether oxygens (including phenoxy) is 3. The maximum atomic E-state index is 12.8. The molecule has 0 atom stereocenters. The number of rotatable bonds is 8. The van der Waals surface area contributed by atoms with E-state index in [2.05, 4.69) is 28.4 Å². The Balaban J connectivity index is 1.15. The molecule has 0 aliphatic carbocycles. The fraction of sp³-hybridized carbons (Fsp3) is 0.464. The van der Waals surface area contributed by atoms with Crippen LogP contribution in [0.4, 0.5) is 0 Å². The molecule has 0 saturated carbocycles. The molecule has 1 saturated heterocycles. The van der Waals surface area contributed by atoms with Gasteiger partial charge in [0.15, 0.2) is 11.5 Å². The van der Waals surface area contributed by atoms with Crippen molar-refractivity contribution in [3.63, 3.8) is 0 Å². The van der Waals surface area contributed by atoms with Gasteiger partial charge >= 0.3 is 0 Å². The van der Waals surface area contributed by atoms with Gasteiger partial charge in [-0.15, -0.1) is 0 Å². The number of aryl methyl sites for hydroxylation is 1. The quantitative estimate of drug-likeness (QED) is 0.533. The normalized spacial score (nSPS) is 16.5. The Morgan fingerprint density at radius 3 is 2.60 bits per heavy atom. The summed E-state index contributed by atoms with van der Waals surface area (Å²) in [5.41, 5.74) is 3.24. The summed E-state index contributed by atoms with van der Waals surface area (Å²) in [5, 5.41) is 4.81. The number of benzene rings is 2. The molecule has 3 heterocycles.